The Bertz CT molecular complexity index is 530. The zero-order valence-corrected chi connectivity index (χ0v) is 15.2. The van der Waals surface area contributed by atoms with E-state index in [9.17, 15) is 13.2 Å². The summed E-state index contributed by atoms with van der Waals surface area (Å²) >= 11 is 3.49. The van der Waals surface area contributed by atoms with Crippen LogP contribution in [-0.2, 0) is 24.0 Å². The highest BCUT2D eigenvalue weighted by molar-refractivity contribution is 9.09. The Morgan fingerprint density at radius 1 is 1.59 bits per heavy atom. The second kappa shape index (κ2) is 8.29. The Morgan fingerprint density at radius 3 is 2.82 bits per heavy atom. The number of hydrogen-bond acceptors (Lipinski definition) is 5. The summed E-state index contributed by atoms with van der Waals surface area (Å²) < 4.78 is 36.3. The lowest BCUT2D eigenvalue weighted by Crippen LogP contribution is -2.61. The first-order chi connectivity index (χ1) is 10.3. The molecule has 0 unspecified atom stereocenters. The van der Waals surface area contributed by atoms with Crippen LogP contribution in [0.4, 0.5) is 0 Å². The number of nitrogens with one attached hydrogen (secondary N) is 1. The smallest absolute Gasteiger partial charge is 0.337 e. The van der Waals surface area contributed by atoms with E-state index >= 15 is 0 Å². The van der Waals surface area contributed by atoms with E-state index in [2.05, 4.69) is 33.5 Å². The summed E-state index contributed by atoms with van der Waals surface area (Å²) in [6, 6.07) is 0. The molecule has 1 N–H and O–H groups in total. The van der Waals surface area contributed by atoms with E-state index in [0.29, 0.717) is 6.42 Å². The molecule has 0 radical (unpaired) electrons. The molecule has 6 nitrogen and oxygen atoms in total. The van der Waals surface area contributed by atoms with E-state index in [4.69, 9.17) is 15.3 Å². The van der Waals surface area contributed by atoms with Gasteiger partial charge in [-0.15, -0.1) is 6.42 Å². The van der Waals surface area contributed by atoms with Crippen LogP contribution >= 0.6 is 15.9 Å². The molecule has 3 atom stereocenters. The summed E-state index contributed by atoms with van der Waals surface area (Å²) in [4.78, 5) is 11.0. The highest BCUT2D eigenvalue weighted by Gasteiger charge is 2.50. The van der Waals surface area contributed by atoms with Gasteiger partial charge in [0.2, 0.25) is 0 Å². The monoisotopic (exact) mass is 395 g/mol. The number of halogens is 1. The zero-order chi connectivity index (χ0) is 16.8. The van der Waals surface area contributed by atoms with Gasteiger partial charge < -0.3 is 4.74 Å². The molecule has 1 rings (SSSR count). The topological polar surface area (TPSA) is 81.7 Å². The maximum absolute atomic E-state index is 11.9. The van der Waals surface area contributed by atoms with E-state index < -0.39 is 27.9 Å². The maximum Gasteiger partial charge on any atom is 0.337 e. The first-order valence-electron chi connectivity index (χ1n) is 7.24. The first kappa shape index (κ1) is 19.4. The third kappa shape index (κ3) is 4.95. The van der Waals surface area contributed by atoms with Crippen LogP contribution in [0.3, 0.4) is 0 Å². The minimum Gasteiger partial charge on any atom is -0.459 e. The minimum atomic E-state index is -4.00. The zero-order valence-electron chi connectivity index (χ0n) is 12.8. The molecule has 0 aliphatic carbocycles. The number of unbranched alkanes of at least 4 members (excludes halogenated alkanes) is 2. The van der Waals surface area contributed by atoms with Gasteiger partial charge in [-0.1, -0.05) is 48.0 Å². The van der Waals surface area contributed by atoms with E-state index in [0.717, 1.165) is 19.3 Å². The number of rotatable bonds is 6. The lowest BCUT2D eigenvalue weighted by molar-refractivity contribution is -0.149. The Hall–Kier alpha value is -0.620. The SMILES string of the molecule is C#C[C@]1([C@@H](Br)CCCCC)NS(=O)(=O)OCC[C@H]1OC(C)=O. The lowest BCUT2D eigenvalue weighted by Gasteiger charge is -2.37. The number of esters is 1. The van der Waals surface area contributed by atoms with Crippen LogP contribution in [0.5, 0.6) is 0 Å². The van der Waals surface area contributed by atoms with Gasteiger partial charge >= 0.3 is 16.3 Å². The molecule has 1 aliphatic rings. The van der Waals surface area contributed by atoms with Gasteiger partial charge in [0.15, 0.2) is 0 Å². The molecule has 1 saturated heterocycles. The normalized spacial score (nSPS) is 29.1. The molecule has 22 heavy (non-hydrogen) atoms. The average molecular weight is 396 g/mol. The number of hydrogen-bond donors (Lipinski definition) is 1. The summed E-state index contributed by atoms with van der Waals surface area (Å²) in [6.45, 7) is 3.25. The maximum atomic E-state index is 11.9. The van der Waals surface area contributed by atoms with Crippen LogP contribution in [-0.4, -0.2) is 37.5 Å². The number of carbonyl (C=O) groups is 1. The van der Waals surface area contributed by atoms with Crippen molar-refractivity contribution in [1.29, 1.82) is 0 Å². The number of carbonyl (C=O) groups excluding carboxylic acids is 1. The second-order valence-electron chi connectivity index (χ2n) is 5.24. The predicted molar refractivity (Wildman–Crippen MR) is 86.6 cm³/mol. The molecule has 0 amide bonds. The largest absolute Gasteiger partial charge is 0.459 e. The van der Waals surface area contributed by atoms with Gasteiger partial charge in [-0.05, 0) is 6.42 Å². The Kier molecular flexibility index (Phi) is 7.32. The summed E-state index contributed by atoms with van der Waals surface area (Å²) in [5, 5.41) is 0. The number of terminal acetylenes is 1. The molecule has 0 saturated carbocycles. The highest BCUT2D eigenvalue weighted by Crippen LogP contribution is 2.33. The van der Waals surface area contributed by atoms with Gasteiger partial charge in [-0.25, -0.2) is 0 Å². The Morgan fingerprint density at radius 2 is 2.27 bits per heavy atom. The fourth-order valence-corrected chi connectivity index (χ4v) is 4.56. The number of alkyl halides is 1. The molecule has 1 heterocycles. The third-order valence-corrected chi connectivity index (χ3v) is 5.77. The van der Waals surface area contributed by atoms with Crippen molar-refractivity contribution in [2.24, 2.45) is 0 Å². The predicted octanol–water partition coefficient (Wildman–Crippen LogP) is 1.89. The van der Waals surface area contributed by atoms with Crippen molar-refractivity contribution in [2.45, 2.75) is 62.4 Å². The van der Waals surface area contributed by atoms with Gasteiger partial charge in [0.05, 0.1) is 6.61 Å². The fraction of sp³-hybridized carbons (Fsp3) is 0.786. The van der Waals surface area contributed by atoms with E-state index in [-0.39, 0.29) is 17.9 Å². The van der Waals surface area contributed by atoms with Crippen molar-refractivity contribution >= 4 is 32.2 Å². The van der Waals surface area contributed by atoms with Crippen LogP contribution in [0.25, 0.3) is 0 Å². The molecule has 0 aromatic rings. The lowest BCUT2D eigenvalue weighted by atomic mass is 9.86. The standard InChI is InChI=1S/C14H22BrNO5S/c1-4-6-7-8-12(15)14(5-2)13(21-11(3)17)9-10-20-22(18,19)16-14/h2,12-13,16H,4,6-10H2,1,3H3/t12-,13+,14+/m0/s1. The van der Waals surface area contributed by atoms with Crippen LogP contribution in [0.1, 0.15) is 46.0 Å². The molecule has 1 fully saturated rings. The first-order valence-corrected chi connectivity index (χ1v) is 9.57. The molecule has 0 bridgehead atoms. The van der Waals surface area contributed by atoms with Crippen LogP contribution in [0.15, 0.2) is 0 Å². The van der Waals surface area contributed by atoms with Crippen molar-refractivity contribution in [3.05, 3.63) is 0 Å². The van der Waals surface area contributed by atoms with Crippen LogP contribution in [0, 0.1) is 12.3 Å². The molecular formula is C14H22BrNO5S. The van der Waals surface area contributed by atoms with Gasteiger partial charge in [0.25, 0.3) is 0 Å². The van der Waals surface area contributed by atoms with Crippen molar-refractivity contribution in [1.82, 2.24) is 4.72 Å². The summed E-state index contributed by atoms with van der Waals surface area (Å²) in [5.74, 6) is 1.99. The molecule has 8 heteroatoms. The summed E-state index contributed by atoms with van der Waals surface area (Å²) in [6.07, 6.45) is 8.62. The van der Waals surface area contributed by atoms with Crippen molar-refractivity contribution in [3.63, 3.8) is 0 Å². The quantitative estimate of drug-likeness (QED) is 0.321. The fourth-order valence-electron chi connectivity index (χ4n) is 2.43. The molecule has 126 valence electrons. The molecule has 1 aliphatic heterocycles. The highest BCUT2D eigenvalue weighted by atomic mass is 79.9. The number of ether oxygens (including phenoxy) is 1. The van der Waals surface area contributed by atoms with E-state index in [1.165, 1.54) is 6.92 Å². The average Bonchev–Trinajstić information content (AvgIpc) is 2.55. The van der Waals surface area contributed by atoms with E-state index in [1.807, 2.05) is 0 Å². The van der Waals surface area contributed by atoms with Crippen molar-refractivity contribution < 1.29 is 22.1 Å². The molecule has 0 spiro atoms. The molecular weight excluding hydrogens is 374 g/mol. The Labute approximate surface area is 140 Å². The van der Waals surface area contributed by atoms with Crippen LogP contribution in [0.2, 0.25) is 0 Å². The van der Waals surface area contributed by atoms with Crippen molar-refractivity contribution in [3.8, 4) is 12.3 Å². The third-order valence-electron chi connectivity index (χ3n) is 3.52. The molecule has 0 aromatic heterocycles. The Balaban J connectivity index is 3.12. The van der Waals surface area contributed by atoms with Gasteiger partial charge in [-0.2, -0.15) is 13.1 Å². The minimum absolute atomic E-state index is 0.0919. The van der Waals surface area contributed by atoms with Gasteiger partial charge in [-0.3, -0.25) is 8.98 Å². The van der Waals surface area contributed by atoms with Gasteiger partial charge in [0.1, 0.15) is 11.6 Å². The summed E-state index contributed by atoms with van der Waals surface area (Å²) in [7, 11) is -4.00. The van der Waals surface area contributed by atoms with Crippen molar-refractivity contribution in [2.75, 3.05) is 6.61 Å². The van der Waals surface area contributed by atoms with E-state index in [1.54, 1.807) is 0 Å². The van der Waals surface area contributed by atoms with Gasteiger partial charge in [0, 0.05) is 18.2 Å². The molecule has 0 aromatic carbocycles. The summed E-state index contributed by atoms with van der Waals surface area (Å²) in [5.41, 5.74) is -1.37. The van der Waals surface area contributed by atoms with Crippen LogP contribution < -0.4 is 4.72 Å². The second-order valence-corrected chi connectivity index (χ2v) is 7.69.